The van der Waals surface area contributed by atoms with E-state index in [1.54, 1.807) is 0 Å². The van der Waals surface area contributed by atoms with Crippen LogP contribution in [0.5, 0.6) is 0 Å². The molecule has 0 amide bonds. The first-order chi connectivity index (χ1) is 2.94. The van der Waals surface area contributed by atoms with Crippen LogP contribution in [0, 0.1) is 0 Å². The summed E-state index contributed by atoms with van der Waals surface area (Å²) < 4.78 is 11.8. The minimum atomic E-state index is -2.19. The Morgan fingerprint density at radius 1 is 1.71 bits per heavy atom. The molecule has 0 spiro atoms. The third-order valence-corrected chi connectivity index (χ3v) is 0.485. The highest BCUT2D eigenvalue weighted by molar-refractivity contribution is 5.73. The van der Waals surface area contributed by atoms with Gasteiger partial charge in [-0.15, -0.1) is 0 Å². The van der Waals surface area contributed by atoms with Gasteiger partial charge in [0, 0.05) is 0 Å². The number of hydrogen-bond donors (Lipinski definition) is 0. The van der Waals surface area contributed by atoms with Crippen LogP contribution in [0.25, 0.3) is 0 Å². The number of carboxylic acids is 1. The molecule has 0 fully saturated rings. The fourth-order valence-electron chi connectivity index (χ4n) is 0. The van der Waals surface area contributed by atoms with Crippen LogP contribution in [-0.2, 0) is 4.79 Å². The van der Waals surface area contributed by atoms with Gasteiger partial charge in [0.05, 0.1) is 5.97 Å². The molecule has 0 heterocycles. The number of carbonyl (C=O) groups excluding carboxylic acids is 1. The van der Waals surface area contributed by atoms with Gasteiger partial charge < -0.3 is 9.90 Å². The van der Waals surface area contributed by atoms with Gasteiger partial charge in [0.1, 0.15) is 5.67 Å². The monoisotopic (exact) mass is 105 g/mol. The number of halogens is 1. The molecule has 0 saturated heterocycles. The van der Waals surface area contributed by atoms with Crippen molar-refractivity contribution in [3.05, 3.63) is 0 Å². The zero-order chi connectivity index (χ0) is 6.08. The molecule has 7 heavy (non-hydrogen) atoms. The summed E-state index contributed by atoms with van der Waals surface area (Å²) in [4.78, 5) is 9.53. The second-order valence-electron chi connectivity index (χ2n) is 1.76. The van der Waals surface area contributed by atoms with E-state index in [-0.39, 0.29) is 0 Å². The van der Waals surface area contributed by atoms with Crippen LogP contribution in [0.1, 0.15) is 13.8 Å². The van der Waals surface area contributed by atoms with Crippen molar-refractivity contribution in [1.82, 2.24) is 0 Å². The minimum Gasteiger partial charge on any atom is -0.547 e. The maximum absolute atomic E-state index is 11.8. The van der Waals surface area contributed by atoms with Crippen molar-refractivity contribution in [2.75, 3.05) is 0 Å². The van der Waals surface area contributed by atoms with Crippen LogP contribution in [0.4, 0.5) is 4.39 Å². The van der Waals surface area contributed by atoms with Crippen molar-refractivity contribution in [2.45, 2.75) is 19.5 Å². The molecule has 0 aliphatic rings. The molecule has 2 nitrogen and oxygen atoms in total. The van der Waals surface area contributed by atoms with Crippen LogP contribution < -0.4 is 5.11 Å². The third kappa shape index (κ3) is 2.14. The number of alkyl halides is 1. The summed E-state index contributed by atoms with van der Waals surface area (Å²) in [6.45, 7) is 1.87. The lowest BCUT2D eigenvalue weighted by Gasteiger charge is -2.13. The number of carbonyl (C=O) groups is 1. The first kappa shape index (κ1) is 6.40. The largest absolute Gasteiger partial charge is 0.547 e. The highest BCUT2D eigenvalue weighted by Crippen LogP contribution is 2.04. The molecule has 0 unspecified atom stereocenters. The minimum absolute atomic E-state index is 0.933. The lowest BCUT2D eigenvalue weighted by molar-refractivity contribution is -0.317. The van der Waals surface area contributed by atoms with E-state index in [1.807, 2.05) is 0 Å². The summed E-state index contributed by atoms with van der Waals surface area (Å²) in [7, 11) is 0. The lowest BCUT2D eigenvalue weighted by atomic mass is 10.2. The summed E-state index contributed by atoms with van der Waals surface area (Å²) >= 11 is 0. The molecular formula is C4H6FO2-. The Bertz CT molecular complexity index is 82.2. The number of carboxylic acid groups (broad SMARTS) is 1. The first-order valence-electron chi connectivity index (χ1n) is 1.85. The predicted molar refractivity (Wildman–Crippen MR) is 20.2 cm³/mol. The standard InChI is InChI=1S/C4H7FO2/c1-4(2,5)3(6)7/h1-2H3,(H,6,7)/p-1. The average Bonchev–Trinajstić information content (AvgIpc) is 1.31. The van der Waals surface area contributed by atoms with Crippen molar-refractivity contribution in [3.63, 3.8) is 0 Å². The van der Waals surface area contributed by atoms with Crippen molar-refractivity contribution >= 4 is 5.97 Å². The predicted octanol–water partition coefficient (Wildman–Crippen LogP) is -0.516. The van der Waals surface area contributed by atoms with Crippen molar-refractivity contribution < 1.29 is 14.3 Å². The molecule has 3 heteroatoms. The first-order valence-corrected chi connectivity index (χ1v) is 1.85. The molecular weight excluding hydrogens is 99.0 g/mol. The molecule has 0 aliphatic heterocycles. The zero-order valence-electron chi connectivity index (χ0n) is 4.19. The van der Waals surface area contributed by atoms with Crippen LogP contribution in [0.2, 0.25) is 0 Å². The number of aliphatic carboxylic acids is 1. The van der Waals surface area contributed by atoms with Crippen LogP contribution in [0.15, 0.2) is 0 Å². The van der Waals surface area contributed by atoms with E-state index in [1.165, 1.54) is 0 Å². The van der Waals surface area contributed by atoms with Gasteiger partial charge in [-0.1, -0.05) is 0 Å². The molecule has 0 bridgehead atoms. The van der Waals surface area contributed by atoms with Crippen molar-refractivity contribution in [2.24, 2.45) is 0 Å². The molecule has 0 aliphatic carbocycles. The third-order valence-electron chi connectivity index (χ3n) is 0.485. The molecule has 0 radical (unpaired) electrons. The molecule has 0 atom stereocenters. The highest BCUT2D eigenvalue weighted by Gasteiger charge is 2.15. The molecule has 0 aromatic rings. The fourth-order valence-corrected chi connectivity index (χ4v) is 0. The van der Waals surface area contributed by atoms with Gasteiger partial charge in [0.25, 0.3) is 0 Å². The quantitative estimate of drug-likeness (QED) is 0.450. The van der Waals surface area contributed by atoms with E-state index in [4.69, 9.17) is 0 Å². The molecule has 0 rings (SSSR count). The Labute approximate surface area is 41.0 Å². The number of hydrogen-bond acceptors (Lipinski definition) is 2. The van der Waals surface area contributed by atoms with E-state index < -0.39 is 11.6 Å². The topological polar surface area (TPSA) is 40.1 Å². The summed E-state index contributed by atoms with van der Waals surface area (Å²) in [6, 6.07) is 0. The zero-order valence-corrected chi connectivity index (χ0v) is 4.19. The van der Waals surface area contributed by atoms with Gasteiger partial charge in [0.15, 0.2) is 0 Å². The molecule has 0 saturated carbocycles. The Morgan fingerprint density at radius 2 is 1.86 bits per heavy atom. The van der Waals surface area contributed by atoms with Crippen LogP contribution in [0.3, 0.4) is 0 Å². The smallest absolute Gasteiger partial charge is 0.144 e. The second-order valence-corrected chi connectivity index (χ2v) is 1.76. The number of rotatable bonds is 1. The Hall–Kier alpha value is -0.600. The highest BCUT2D eigenvalue weighted by atomic mass is 19.1. The Balaban J connectivity index is 3.79. The van der Waals surface area contributed by atoms with E-state index in [0.717, 1.165) is 13.8 Å². The van der Waals surface area contributed by atoms with Crippen molar-refractivity contribution in [3.8, 4) is 0 Å². The molecule has 42 valence electrons. The molecule has 0 N–H and O–H groups in total. The van der Waals surface area contributed by atoms with Gasteiger partial charge in [-0.05, 0) is 13.8 Å². The second kappa shape index (κ2) is 1.48. The summed E-state index contributed by atoms with van der Waals surface area (Å²) in [5, 5.41) is 9.53. The summed E-state index contributed by atoms with van der Waals surface area (Å²) in [5.74, 6) is -1.67. The fraction of sp³-hybridized carbons (Fsp3) is 0.750. The maximum atomic E-state index is 11.8. The van der Waals surface area contributed by atoms with Gasteiger partial charge in [-0.25, -0.2) is 4.39 Å². The van der Waals surface area contributed by atoms with E-state index >= 15 is 0 Å². The van der Waals surface area contributed by atoms with Gasteiger partial charge in [0.2, 0.25) is 0 Å². The maximum Gasteiger partial charge on any atom is 0.144 e. The van der Waals surface area contributed by atoms with Crippen LogP contribution >= 0.6 is 0 Å². The SMILES string of the molecule is CC(C)(F)C(=O)[O-]. The summed E-state index contributed by atoms with van der Waals surface area (Å²) in [6.07, 6.45) is 0. The van der Waals surface area contributed by atoms with E-state index in [0.29, 0.717) is 0 Å². The average molecular weight is 105 g/mol. The lowest BCUT2D eigenvalue weighted by Crippen LogP contribution is -2.39. The Kier molecular flexibility index (Phi) is 1.35. The molecule has 0 aromatic heterocycles. The molecule has 0 aromatic carbocycles. The van der Waals surface area contributed by atoms with E-state index in [2.05, 4.69) is 0 Å². The Morgan fingerprint density at radius 3 is 1.86 bits per heavy atom. The van der Waals surface area contributed by atoms with Gasteiger partial charge >= 0.3 is 0 Å². The van der Waals surface area contributed by atoms with E-state index in [9.17, 15) is 14.3 Å². The van der Waals surface area contributed by atoms with Gasteiger partial charge in [-0.2, -0.15) is 0 Å². The summed E-state index contributed by atoms with van der Waals surface area (Å²) in [5.41, 5.74) is -2.19. The van der Waals surface area contributed by atoms with Gasteiger partial charge in [-0.3, -0.25) is 0 Å². The normalized spacial score (nSPS) is 11.3. The van der Waals surface area contributed by atoms with Crippen molar-refractivity contribution in [1.29, 1.82) is 0 Å². The van der Waals surface area contributed by atoms with Crippen LogP contribution in [-0.4, -0.2) is 11.6 Å².